The van der Waals surface area contributed by atoms with E-state index < -0.39 is 0 Å². The van der Waals surface area contributed by atoms with Crippen LogP contribution in [0.2, 0.25) is 10.0 Å². The summed E-state index contributed by atoms with van der Waals surface area (Å²) in [7, 11) is 1.59. The molecule has 140 valence electrons. The van der Waals surface area contributed by atoms with Crippen molar-refractivity contribution < 1.29 is 14.3 Å². The number of halogens is 2. The van der Waals surface area contributed by atoms with Gasteiger partial charge in [-0.1, -0.05) is 59.2 Å². The summed E-state index contributed by atoms with van der Waals surface area (Å²) in [6.45, 7) is 7.83. The Balaban J connectivity index is 2.89. The van der Waals surface area contributed by atoms with Gasteiger partial charge in [0.15, 0.2) is 0 Å². The minimum absolute atomic E-state index is 0.339. The molecule has 1 rings (SSSR count). The van der Waals surface area contributed by atoms with Crippen LogP contribution in [0.25, 0.3) is 6.08 Å². The average Bonchev–Trinajstić information content (AvgIpc) is 2.58. The first-order valence-corrected chi connectivity index (χ1v) is 8.96. The third-order valence-electron chi connectivity index (χ3n) is 3.53. The van der Waals surface area contributed by atoms with E-state index in [2.05, 4.69) is 0 Å². The van der Waals surface area contributed by atoms with Crippen molar-refractivity contribution in [2.45, 2.75) is 27.7 Å². The van der Waals surface area contributed by atoms with Crippen LogP contribution < -0.4 is 4.74 Å². The van der Waals surface area contributed by atoms with E-state index in [1.54, 1.807) is 20.1 Å². The van der Waals surface area contributed by atoms with E-state index in [0.29, 0.717) is 22.4 Å². The van der Waals surface area contributed by atoms with E-state index in [1.165, 1.54) is 6.08 Å². The number of esters is 1. The Morgan fingerprint density at radius 3 is 2.50 bits per heavy atom. The fraction of sp³-hybridized carbons (Fsp3) is 0.286. The van der Waals surface area contributed by atoms with Crippen molar-refractivity contribution in [2.75, 3.05) is 13.7 Å². The molecule has 0 saturated heterocycles. The van der Waals surface area contributed by atoms with Crippen LogP contribution in [0.1, 0.15) is 31.9 Å². The zero-order valence-electron chi connectivity index (χ0n) is 15.7. The molecule has 0 amide bonds. The van der Waals surface area contributed by atoms with Gasteiger partial charge in [0.25, 0.3) is 0 Å². The Hall–Kier alpha value is -1.97. The van der Waals surface area contributed by atoms with Crippen molar-refractivity contribution in [1.82, 2.24) is 0 Å². The monoisotopic (exact) mass is 394 g/mol. The molecule has 0 aromatic heterocycles. The maximum absolute atomic E-state index is 11.4. The van der Waals surface area contributed by atoms with Gasteiger partial charge in [-0.2, -0.15) is 0 Å². The molecule has 26 heavy (non-hydrogen) atoms. The SMILES string of the molecule is CCOC(=O)/C=C(C)/C=C/C=C(C)/C=C/c1c(Cl)cc(OC)c(C)c1Cl. The molecule has 0 spiro atoms. The smallest absolute Gasteiger partial charge is 0.330 e. The molecule has 0 aliphatic rings. The highest BCUT2D eigenvalue weighted by Crippen LogP contribution is 2.35. The lowest BCUT2D eigenvalue weighted by Gasteiger charge is -2.10. The number of hydrogen-bond donors (Lipinski definition) is 0. The topological polar surface area (TPSA) is 35.5 Å². The van der Waals surface area contributed by atoms with Gasteiger partial charge in [0.1, 0.15) is 5.75 Å². The van der Waals surface area contributed by atoms with Gasteiger partial charge in [0, 0.05) is 17.2 Å². The summed E-state index contributed by atoms with van der Waals surface area (Å²) in [6.07, 6.45) is 10.9. The third-order valence-corrected chi connectivity index (χ3v) is 4.33. The molecule has 0 N–H and O–H groups in total. The molecule has 0 atom stereocenters. The molecule has 0 bridgehead atoms. The van der Waals surface area contributed by atoms with E-state index in [9.17, 15) is 4.79 Å². The molecular formula is C21H24Cl2O3. The van der Waals surface area contributed by atoms with Gasteiger partial charge in [0.05, 0.1) is 23.8 Å². The average molecular weight is 395 g/mol. The van der Waals surface area contributed by atoms with Gasteiger partial charge in [-0.25, -0.2) is 4.79 Å². The highest BCUT2D eigenvalue weighted by molar-refractivity contribution is 6.38. The second-order valence-corrected chi connectivity index (χ2v) is 6.44. The third kappa shape index (κ3) is 6.74. The molecular weight excluding hydrogens is 371 g/mol. The Morgan fingerprint density at radius 1 is 1.19 bits per heavy atom. The lowest BCUT2D eigenvalue weighted by atomic mass is 10.1. The quantitative estimate of drug-likeness (QED) is 0.307. The largest absolute Gasteiger partial charge is 0.496 e. The summed E-state index contributed by atoms with van der Waals surface area (Å²) in [6, 6.07) is 1.75. The summed E-state index contributed by atoms with van der Waals surface area (Å²) >= 11 is 12.7. The number of carbonyl (C=O) groups excluding carboxylic acids is 1. The minimum atomic E-state index is -0.339. The van der Waals surface area contributed by atoms with Gasteiger partial charge in [0.2, 0.25) is 0 Å². The standard InChI is InChI=1S/C21H24Cl2O3/c1-6-26-20(24)12-15(3)9-7-8-14(2)10-11-17-18(22)13-19(25-5)16(4)21(17)23/h7-13H,6H2,1-5H3/b9-7+,11-10+,14-8+,15-12+. The summed E-state index contributed by atoms with van der Waals surface area (Å²) in [4.78, 5) is 11.4. The maximum Gasteiger partial charge on any atom is 0.330 e. The fourth-order valence-corrected chi connectivity index (χ4v) is 2.68. The van der Waals surface area contributed by atoms with E-state index >= 15 is 0 Å². The van der Waals surface area contributed by atoms with Crippen LogP contribution in [0.5, 0.6) is 5.75 Å². The molecule has 3 nitrogen and oxygen atoms in total. The highest BCUT2D eigenvalue weighted by atomic mass is 35.5. The molecule has 0 aliphatic heterocycles. The number of allylic oxidation sites excluding steroid dienone is 6. The Labute approximate surface area is 165 Å². The van der Waals surface area contributed by atoms with Crippen LogP contribution >= 0.6 is 23.2 Å². The number of ether oxygens (including phenoxy) is 2. The van der Waals surface area contributed by atoms with Crippen molar-refractivity contribution >= 4 is 35.2 Å². The lowest BCUT2D eigenvalue weighted by Crippen LogP contribution is -1.99. The van der Waals surface area contributed by atoms with Crippen molar-refractivity contribution in [3.63, 3.8) is 0 Å². The Morgan fingerprint density at radius 2 is 1.88 bits per heavy atom. The van der Waals surface area contributed by atoms with Crippen LogP contribution in [0.3, 0.4) is 0 Å². The predicted octanol–water partition coefficient (Wildman–Crippen LogP) is 6.34. The second kappa shape index (κ2) is 10.9. The van der Waals surface area contributed by atoms with Gasteiger partial charge in [-0.05, 0) is 39.3 Å². The zero-order chi connectivity index (χ0) is 19.7. The summed E-state index contributed by atoms with van der Waals surface area (Å²) in [5.74, 6) is 0.325. The van der Waals surface area contributed by atoms with Crippen LogP contribution in [0, 0.1) is 6.92 Å². The Bertz CT molecular complexity index is 772. The summed E-state index contributed by atoms with van der Waals surface area (Å²) < 4.78 is 10.1. The molecule has 1 aromatic rings. The van der Waals surface area contributed by atoms with E-state index in [1.807, 2.05) is 51.2 Å². The van der Waals surface area contributed by atoms with Gasteiger partial charge in [-0.3, -0.25) is 0 Å². The lowest BCUT2D eigenvalue weighted by molar-refractivity contribution is -0.137. The number of rotatable bonds is 7. The van der Waals surface area contributed by atoms with Gasteiger partial charge < -0.3 is 9.47 Å². The Kier molecular flexibility index (Phi) is 9.25. The number of methoxy groups -OCH3 is 1. The van der Waals surface area contributed by atoms with E-state index in [0.717, 1.165) is 22.3 Å². The van der Waals surface area contributed by atoms with Crippen molar-refractivity contribution in [1.29, 1.82) is 0 Å². The molecule has 0 radical (unpaired) electrons. The molecule has 1 aromatic carbocycles. The van der Waals surface area contributed by atoms with Crippen molar-refractivity contribution in [3.8, 4) is 5.75 Å². The normalized spacial score (nSPS) is 12.9. The first-order chi connectivity index (χ1) is 12.3. The van der Waals surface area contributed by atoms with E-state index in [4.69, 9.17) is 32.7 Å². The molecule has 5 heteroatoms. The summed E-state index contributed by atoms with van der Waals surface area (Å²) in [5.41, 5.74) is 3.42. The van der Waals surface area contributed by atoms with Crippen LogP contribution in [0.4, 0.5) is 0 Å². The molecule has 0 fully saturated rings. The molecule has 0 saturated carbocycles. The minimum Gasteiger partial charge on any atom is -0.496 e. The highest BCUT2D eigenvalue weighted by Gasteiger charge is 2.11. The zero-order valence-corrected chi connectivity index (χ0v) is 17.2. The first-order valence-electron chi connectivity index (χ1n) is 8.20. The number of benzene rings is 1. The first kappa shape index (κ1) is 22.1. The second-order valence-electron chi connectivity index (χ2n) is 5.66. The van der Waals surface area contributed by atoms with E-state index in [-0.39, 0.29) is 5.97 Å². The summed E-state index contributed by atoms with van der Waals surface area (Å²) in [5, 5.41) is 1.10. The molecule has 0 heterocycles. The van der Waals surface area contributed by atoms with Crippen LogP contribution in [0.15, 0.2) is 47.6 Å². The van der Waals surface area contributed by atoms with Crippen molar-refractivity contribution in [2.24, 2.45) is 0 Å². The van der Waals surface area contributed by atoms with Crippen LogP contribution in [-0.4, -0.2) is 19.7 Å². The number of carbonyl (C=O) groups is 1. The van der Waals surface area contributed by atoms with Gasteiger partial charge >= 0.3 is 5.97 Å². The maximum atomic E-state index is 11.4. The van der Waals surface area contributed by atoms with Crippen LogP contribution in [-0.2, 0) is 9.53 Å². The van der Waals surface area contributed by atoms with Gasteiger partial charge in [-0.15, -0.1) is 0 Å². The van der Waals surface area contributed by atoms with Crippen molar-refractivity contribution in [3.05, 3.63) is 68.8 Å². The predicted molar refractivity (Wildman–Crippen MR) is 110 cm³/mol. The number of hydrogen-bond acceptors (Lipinski definition) is 3. The molecule has 0 aliphatic carbocycles. The molecule has 0 unspecified atom stereocenters. The fourth-order valence-electron chi connectivity index (χ4n) is 2.12.